The van der Waals surface area contributed by atoms with E-state index in [1.54, 1.807) is 16.7 Å². The molecule has 0 atom stereocenters. The van der Waals surface area contributed by atoms with Crippen molar-refractivity contribution in [2.45, 2.75) is 24.5 Å². The second-order valence-corrected chi connectivity index (χ2v) is 6.87. The predicted octanol–water partition coefficient (Wildman–Crippen LogP) is 2.67. The van der Waals surface area contributed by atoms with Crippen molar-refractivity contribution in [2.24, 2.45) is 5.73 Å². The zero-order valence-corrected chi connectivity index (χ0v) is 15.6. The van der Waals surface area contributed by atoms with Gasteiger partial charge in [0, 0.05) is 30.8 Å². The average molecular weight is 403 g/mol. The highest BCUT2D eigenvalue weighted by molar-refractivity contribution is 7.99. The number of nitrogens with one attached hydrogen (secondary N) is 1. The quantitative estimate of drug-likeness (QED) is 0.531. The van der Waals surface area contributed by atoms with E-state index in [1.165, 1.54) is 42.3 Å². The Morgan fingerprint density at radius 3 is 2.64 bits per heavy atom. The highest BCUT2D eigenvalue weighted by Crippen LogP contribution is 2.25. The van der Waals surface area contributed by atoms with E-state index in [0.717, 1.165) is 0 Å². The number of amides is 2. The SMILES string of the molecule is NC(=O)CCn1c(SCCC(=O)Nc2ccc(F)cc2)nnc1-c1ccco1. The van der Waals surface area contributed by atoms with E-state index < -0.39 is 5.91 Å². The monoisotopic (exact) mass is 403 g/mol. The Balaban J connectivity index is 1.60. The standard InChI is InChI=1S/C18H18FN5O3S/c19-12-3-5-13(6-4-12)21-16(26)8-11-28-18-23-22-17(14-2-1-10-27-14)24(18)9-7-15(20)25/h1-6,10H,7-9,11H2,(H2,20,25)(H,21,26). The van der Waals surface area contributed by atoms with Crippen molar-refractivity contribution < 1.29 is 18.4 Å². The van der Waals surface area contributed by atoms with Gasteiger partial charge in [0.15, 0.2) is 16.7 Å². The van der Waals surface area contributed by atoms with Crippen LogP contribution in [0, 0.1) is 5.82 Å². The highest BCUT2D eigenvalue weighted by atomic mass is 32.2. The Bertz CT molecular complexity index is 941. The molecule has 3 N–H and O–H groups in total. The first-order valence-corrected chi connectivity index (χ1v) is 9.45. The van der Waals surface area contributed by atoms with Gasteiger partial charge in [0.05, 0.1) is 6.26 Å². The Kier molecular flexibility index (Phi) is 6.43. The second kappa shape index (κ2) is 9.18. The van der Waals surface area contributed by atoms with E-state index >= 15 is 0 Å². The summed E-state index contributed by atoms with van der Waals surface area (Å²) in [6, 6.07) is 9.03. The van der Waals surface area contributed by atoms with Crippen LogP contribution < -0.4 is 11.1 Å². The number of thioether (sulfide) groups is 1. The summed E-state index contributed by atoms with van der Waals surface area (Å²) in [6.45, 7) is 0.308. The summed E-state index contributed by atoms with van der Waals surface area (Å²) in [5, 5.41) is 11.5. The van der Waals surface area contributed by atoms with Gasteiger partial charge in [-0.1, -0.05) is 11.8 Å². The number of carbonyl (C=O) groups excluding carboxylic acids is 2. The zero-order valence-electron chi connectivity index (χ0n) is 14.8. The molecule has 1 aromatic carbocycles. The third kappa shape index (κ3) is 5.19. The number of rotatable bonds is 9. The minimum absolute atomic E-state index is 0.129. The fourth-order valence-electron chi connectivity index (χ4n) is 2.40. The van der Waals surface area contributed by atoms with E-state index in [0.29, 0.717) is 34.7 Å². The number of aromatic nitrogens is 3. The van der Waals surface area contributed by atoms with Gasteiger partial charge in [0.2, 0.25) is 11.8 Å². The number of hydrogen-bond donors (Lipinski definition) is 2. The summed E-state index contributed by atoms with van der Waals surface area (Å²) in [4.78, 5) is 23.2. The van der Waals surface area contributed by atoms with Gasteiger partial charge < -0.3 is 15.5 Å². The number of primary amides is 1. The van der Waals surface area contributed by atoms with Crippen LogP contribution >= 0.6 is 11.8 Å². The molecular weight excluding hydrogens is 385 g/mol. The second-order valence-electron chi connectivity index (χ2n) is 5.80. The fourth-order valence-corrected chi connectivity index (χ4v) is 3.30. The minimum Gasteiger partial charge on any atom is -0.461 e. The summed E-state index contributed by atoms with van der Waals surface area (Å²) in [5.74, 6) is 0.459. The molecule has 3 aromatic rings. The van der Waals surface area contributed by atoms with Crippen LogP contribution in [0.5, 0.6) is 0 Å². The normalized spacial score (nSPS) is 10.8. The number of nitrogens with two attached hydrogens (primary N) is 1. The molecule has 0 spiro atoms. The maximum Gasteiger partial charge on any atom is 0.225 e. The lowest BCUT2D eigenvalue weighted by atomic mass is 10.3. The summed E-state index contributed by atoms with van der Waals surface area (Å²) in [7, 11) is 0. The van der Waals surface area contributed by atoms with Gasteiger partial charge in [0.25, 0.3) is 0 Å². The first-order valence-electron chi connectivity index (χ1n) is 8.46. The summed E-state index contributed by atoms with van der Waals surface area (Å²) in [5.41, 5.74) is 5.78. The van der Waals surface area contributed by atoms with E-state index in [1.807, 2.05) is 0 Å². The number of benzene rings is 1. The van der Waals surface area contributed by atoms with Crippen molar-refractivity contribution in [3.8, 4) is 11.6 Å². The lowest BCUT2D eigenvalue weighted by Gasteiger charge is -2.08. The van der Waals surface area contributed by atoms with Gasteiger partial charge in [-0.15, -0.1) is 10.2 Å². The van der Waals surface area contributed by atoms with E-state index in [2.05, 4.69) is 15.5 Å². The lowest BCUT2D eigenvalue weighted by Crippen LogP contribution is -2.15. The minimum atomic E-state index is -0.436. The lowest BCUT2D eigenvalue weighted by molar-refractivity contribution is -0.118. The van der Waals surface area contributed by atoms with Gasteiger partial charge >= 0.3 is 0 Å². The Hall–Kier alpha value is -3.14. The largest absolute Gasteiger partial charge is 0.461 e. The van der Waals surface area contributed by atoms with Crippen LogP contribution in [0.25, 0.3) is 11.6 Å². The molecule has 0 aliphatic carbocycles. The van der Waals surface area contributed by atoms with Gasteiger partial charge in [-0.3, -0.25) is 14.2 Å². The number of furan rings is 1. The van der Waals surface area contributed by atoms with E-state index in [4.69, 9.17) is 10.2 Å². The molecule has 0 fully saturated rings. The first kappa shape index (κ1) is 19.6. The van der Waals surface area contributed by atoms with Crippen LogP contribution in [0.15, 0.2) is 52.2 Å². The molecule has 0 aliphatic heterocycles. The summed E-state index contributed by atoms with van der Waals surface area (Å²) in [6.07, 6.45) is 1.88. The first-order chi connectivity index (χ1) is 13.5. The van der Waals surface area contributed by atoms with Crippen LogP contribution in [-0.4, -0.2) is 32.3 Å². The van der Waals surface area contributed by atoms with Crippen molar-refractivity contribution in [3.05, 3.63) is 48.5 Å². The number of nitrogens with zero attached hydrogens (tertiary/aromatic N) is 3. The highest BCUT2D eigenvalue weighted by Gasteiger charge is 2.17. The van der Waals surface area contributed by atoms with Crippen molar-refractivity contribution in [1.82, 2.24) is 14.8 Å². The van der Waals surface area contributed by atoms with Crippen LogP contribution in [0.4, 0.5) is 10.1 Å². The van der Waals surface area contributed by atoms with Crippen LogP contribution in [0.3, 0.4) is 0 Å². The van der Waals surface area contributed by atoms with Crippen LogP contribution in [0.2, 0.25) is 0 Å². The Labute approximate surface area is 164 Å². The predicted molar refractivity (Wildman–Crippen MR) is 102 cm³/mol. The van der Waals surface area contributed by atoms with E-state index in [9.17, 15) is 14.0 Å². The van der Waals surface area contributed by atoms with Crippen LogP contribution in [-0.2, 0) is 16.1 Å². The third-order valence-corrected chi connectivity index (χ3v) is 4.70. The third-order valence-electron chi connectivity index (χ3n) is 3.73. The summed E-state index contributed by atoms with van der Waals surface area (Å²) >= 11 is 1.33. The van der Waals surface area contributed by atoms with Crippen molar-refractivity contribution in [3.63, 3.8) is 0 Å². The van der Waals surface area contributed by atoms with Crippen molar-refractivity contribution >= 4 is 29.3 Å². The molecule has 146 valence electrons. The van der Waals surface area contributed by atoms with Gasteiger partial charge in [0.1, 0.15) is 5.82 Å². The van der Waals surface area contributed by atoms with Gasteiger partial charge in [-0.25, -0.2) is 4.39 Å². The number of hydrogen-bond acceptors (Lipinski definition) is 6. The Morgan fingerprint density at radius 2 is 1.96 bits per heavy atom. The van der Waals surface area contributed by atoms with E-state index in [-0.39, 0.29) is 24.6 Å². The molecule has 3 rings (SSSR count). The maximum atomic E-state index is 12.9. The van der Waals surface area contributed by atoms with Gasteiger partial charge in [-0.2, -0.15) is 0 Å². The topological polar surface area (TPSA) is 116 Å². The number of halogens is 1. The fraction of sp³-hybridized carbons (Fsp3) is 0.222. The molecule has 0 radical (unpaired) electrons. The molecule has 2 aromatic heterocycles. The molecule has 8 nitrogen and oxygen atoms in total. The molecule has 2 amide bonds. The zero-order chi connectivity index (χ0) is 19.9. The molecule has 0 saturated carbocycles. The average Bonchev–Trinajstić information content (AvgIpc) is 3.31. The molecule has 10 heteroatoms. The molecular formula is C18H18FN5O3S. The molecule has 0 saturated heterocycles. The van der Waals surface area contributed by atoms with Crippen molar-refractivity contribution in [1.29, 1.82) is 0 Å². The summed E-state index contributed by atoms with van der Waals surface area (Å²) < 4.78 is 20.0. The molecule has 2 heterocycles. The Morgan fingerprint density at radius 1 is 1.18 bits per heavy atom. The molecule has 0 aliphatic rings. The number of carbonyl (C=O) groups is 2. The smallest absolute Gasteiger partial charge is 0.225 e. The van der Waals surface area contributed by atoms with Crippen molar-refractivity contribution in [2.75, 3.05) is 11.1 Å². The number of anilines is 1. The van der Waals surface area contributed by atoms with Crippen LogP contribution in [0.1, 0.15) is 12.8 Å². The molecule has 0 bridgehead atoms. The maximum absolute atomic E-state index is 12.9. The van der Waals surface area contributed by atoms with Gasteiger partial charge in [-0.05, 0) is 36.4 Å². The molecule has 0 unspecified atom stereocenters. The molecule has 28 heavy (non-hydrogen) atoms.